The number of halogens is 1. The molecule has 6 heteroatoms. The van der Waals surface area contributed by atoms with E-state index in [1.165, 1.54) is 31.4 Å². The van der Waals surface area contributed by atoms with Crippen molar-refractivity contribution >= 4 is 41.7 Å². The Balaban J connectivity index is 0.00000180. The second kappa shape index (κ2) is 9.28. The standard InChI is InChI=1S/C13H25N3OS.HI/c1-14-13(15-7-3-4-8-18-2)16-11-9-10-5-6-12(11)17-10;/h10-12H,3-9H2,1-2H3,(H2,14,15,16);1H. The van der Waals surface area contributed by atoms with E-state index in [0.29, 0.717) is 18.2 Å². The Morgan fingerprint density at radius 2 is 2.21 bits per heavy atom. The summed E-state index contributed by atoms with van der Waals surface area (Å²) in [6.45, 7) is 1.00. The van der Waals surface area contributed by atoms with Crippen LogP contribution in [0.4, 0.5) is 0 Å². The molecule has 0 aromatic rings. The number of thioether (sulfide) groups is 1. The van der Waals surface area contributed by atoms with Gasteiger partial charge in [0.25, 0.3) is 0 Å². The van der Waals surface area contributed by atoms with Crippen molar-refractivity contribution in [2.24, 2.45) is 4.99 Å². The quantitative estimate of drug-likeness (QED) is 0.311. The van der Waals surface area contributed by atoms with E-state index in [2.05, 4.69) is 21.9 Å². The number of rotatable bonds is 6. The number of hydrogen-bond acceptors (Lipinski definition) is 3. The molecule has 0 aromatic heterocycles. The Labute approximate surface area is 137 Å². The number of aliphatic imine (C=N–C) groups is 1. The number of hydrogen-bond donors (Lipinski definition) is 2. The van der Waals surface area contributed by atoms with Crippen molar-refractivity contribution in [1.82, 2.24) is 10.6 Å². The highest BCUT2D eigenvalue weighted by Gasteiger charge is 2.40. The molecule has 19 heavy (non-hydrogen) atoms. The number of ether oxygens (including phenoxy) is 1. The van der Waals surface area contributed by atoms with E-state index >= 15 is 0 Å². The van der Waals surface area contributed by atoms with Crippen molar-refractivity contribution in [3.05, 3.63) is 0 Å². The number of fused-ring (bicyclic) bond motifs is 2. The van der Waals surface area contributed by atoms with E-state index in [1.54, 1.807) is 0 Å². The van der Waals surface area contributed by atoms with Gasteiger partial charge in [0, 0.05) is 13.6 Å². The van der Waals surface area contributed by atoms with Crippen LogP contribution in [-0.4, -0.2) is 49.8 Å². The zero-order chi connectivity index (χ0) is 12.8. The van der Waals surface area contributed by atoms with Crippen LogP contribution >= 0.6 is 35.7 Å². The molecular formula is C13H26IN3OS. The number of nitrogens with one attached hydrogen (secondary N) is 2. The van der Waals surface area contributed by atoms with Crippen LogP contribution < -0.4 is 10.6 Å². The van der Waals surface area contributed by atoms with E-state index in [4.69, 9.17) is 4.74 Å². The van der Waals surface area contributed by atoms with Crippen LogP contribution in [0.5, 0.6) is 0 Å². The Bertz CT molecular complexity index is 291. The molecule has 2 aliphatic heterocycles. The average Bonchev–Trinajstić information content (AvgIpc) is 2.99. The third-order valence-corrected chi connectivity index (χ3v) is 4.42. The highest BCUT2D eigenvalue weighted by Crippen LogP contribution is 2.34. The number of unbranched alkanes of at least 4 members (excludes halogenated alkanes) is 1. The zero-order valence-corrected chi connectivity index (χ0v) is 15.0. The van der Waals surface area contributed by atoms with E-state index in [0.717, 1.165) is 18.9 Å². The summed E-state index contributed by atoms with van der Waals surface area (Å²) in [7, 11) is 1.84. The summed E-state index contributed by atoms with van der Waals surface area (Å²) in [5.41, 5.74) is 0. The first-order valence-electron chi connectivity index (χ1n) is 6.95. The molecule has 0 aliphatic carbocycles. The topological polar surface area (TPSA) is 45.7 Å². The molecule has 2 heterocycles. The van der Waals surface area contributed by atoms with E-state index in [1.807, 2.05) is 18.8 Å². The molecule has 2 fully saturated rings. The van der Waals surface area contributed by atoms with E-state index < -0.39 is 0 Å². The molecular weight excluding hydrogens is 373 g/mol. The maximum atomic E-state index is 5.84. The lowest BCUT2D eigenvalue weighted by molar-refractivity contribution is 0.0992. The fourth-order valence-electron chi connectivity index (χ4n) is 2.74. The lowest BCUT2D eigenvalue weighted by Gasteiger charge is -2.22. The van der Waals surface area contributed by atoms with Gasteiger partial charge in [-0.1, -0.05) is 0 Å². The van der Waals surface area contributed by atoms with Gasteiger partial charge in [-0.3, -0.25) is 4.99 Å². The monoisotopic (exact) mass is 399 g/mol. The smallest absolute Gasteiger partial charge is 0.191 e. The summed E-state index contributed by atoms with van der Waals surface area (Å²) in [6, 6.07) is 0.459. The summed E-state index contributed by atoms with van der Waals surface area (Å²) in [4.78, 5) is 4.29. The SMILES string of the molecule is CN=C(NCCCCSC)NC1CC2CCC1O2.I. The fraction of sp³-hybridized carbons (Fsp3) is 0.923. The van der Waals surface area contributed by atoms with Gasteiger partial charge in [-0.2, -0.15) is 11.8 Å². The maximum Gasteiger partial charge on any atom is 0.191 e. The predicted octanol–water partition coefficient (Wildman–Crippen LogP) is 2.23. The van der Waals surface area contributed by atoms with Gasteiger partial charge in [-0.15, -0.1) is 24.0 Å². The summed E-state index contributed by atoms with van der Waals surface area (Å²) < 4.78 is 5.84. The summed E-state index contributed by atoms with van der Waals surface area (Å²) in [5.74, 6) is 2.17. The Morgan fingerprint density at radius 1 is 1.37 bits per heavy atom. The molecule has 112 valence electrons. The van der Waals surface area contributed by atoms with Gasteiger partial charge in [-0.05, 0) is 44.1 Å². The minimum Gasteiger partial charge on any atom is -0.373 e. The molecule has 0 spiro atoms. The lowest BCUT2D eigenvalue weighted by Crippen LogP contribution is -2.47. The Morgan fingerprint density at radius 3 is 2.79 bits per heavy atom. The van der Waals surface area contributed by atoms with Gasteiger partial charge >= 0.3 is 0 Å². The van der Waals surface area contributed by atoms with Crippen LogP contribution in [0, 0.1) is 0 Å². The molecule has 3 unspecified atom stereocenters. The molecule has 0 radical (unpaired) electrons. The van der Waals surface area contributed by atoms with Crippen LogP contribution in [0.3, 0.4) is 0 Å². The van der Waals surface area contributed by atoms with Crippen LogP contribution in [0.1, 0.15) is 32.1 Å². The van der Waals surface area contributed by atoms with Crippen molar-refractivity contribution in [2.75, 3.05) is 25.6 Å². The predicted molar refractivity (Wildman–Crippen MR) is 93.8 cm³/mol. The molecule has 0 amide bonds. The van der Waals surface area contributed by atoms with Gasteiger partial charge in [0.15, 0.2) is 5.96 Å². The van der Waals surface area contributed by atoms with Crippen LogP contribution in [0.25, 0.3) is 0 Å². The molecule has 4 nitrogen and oxygen atoms in total. The van der Waals surface area contributed by atoms with Crippen molar-refractivity contribution in [2.45, 2.75) is 50.4 Å². The highest BCUT2D eigenvalue weighted by molar-refractivity contribution is 14.0. The van der Waals surface area contributed by atoms with E-state index in [9.17, 15) is 0 Å². The third-order valence-electron chi connectivity index (χ3n) is 3.72. The van der Waals surface area contributed by atoms with Gasteiger partial charge in [0.1, 0.15) is 0 Å². The molecule has 0 saturated carbocycles. The molecule has 2 N–H and O–H groups in total. The summed E-state index contributed by atoms with van der Waals surface area (Å²) >= 11 is 1.91. The van der Waals surface area contributed by atoms with Crippen LogP contribution in [0.15, 0.2) is 4.99 Å². The molecule has 0 aromatic carbocycles. The van der Waals surface area contributed by atoms with Crippen molar-refractivity contribution in [3.63, 3.8) is 0 Å². The first-order valence-corrected chi connectivity index (χ1v) is 8.34. The van der Waals surface area contributed by atoms with Crippen molar-refractivity contribution in [1.29, 1.82) is 0 Å². The number of nitrogens with zero attached hydrogens (tertiary/aromatic N) is 1. The van der Waals surface area contributed by atoms with Gasteiger partial charge < -0.3 is 15.4 Å². The largest absolute Gasteiger partial charge is 0.373 e. The molecule has 2 aliphatic rings. The Kier molecular flexibility index (Phi) is 8.48. The third kappa shape index (κ3) is 5.30. The molecule has 3 atom stereocenters. The highest BCUT2D eigenvalue weighted by atomic mass is 127. The Hall–Kier alpha value is 0.310. The van der Waals surface area contributed by atoms with Crippen molar-refractivity contribution in [3.8, 4) is 0 Å². The second-order valence-electron chi connectivity index (χ2n) is 5.06. The first-order chi connectivity index (χ1) is 8.83. The number of guanidine groups is 1. The van der Waals surface area contributed by atoms with Gasteiger partial charge in [0.2, 0.25) is 0 Å². The fourth-order valence-corrected chi connectivity index (χ4v) is 3.23. The van der Waals surface area contributed by atoms with Crippen LogP contribution in [-0.2, 0) is 4.74 Å². The van der Waals surface area contributed by atoms with Crippen LogP contribution in [0.2, 0.25) is 0 Å². The maximum absolute atomic E-state index is 5.84. The molecule has 2 rings (SSSR count). The zero-order valence-electron chi connectivity index (χ0n) is 11.9. The minimum atomic E-state index is 0. The summed E-state index contributed by atoms with van der Waals surface area (Å²) in [5, 5.41) is 6.89. The first kappa shape index (κ1) is 17.4. The normalized spacial score (nSPS) is 29.2. The minimum absolute atomic E-state index is 0. The average molecular weight is 399 g/mol. The van der Waals surface area contributed by atoms with Gasteiger partial charge in [0.05, 0.1) is 18.2 Å². The molecule has 2 bridgehead atoms. The van der Waals surface area contributed by atoms with Crippen molar-refractivity contribution < 1.29 is 4.74 Å². The second-order valence-corrected chi connectivity index (χ2v) is 6.04. The summed E-state index contributed by atoms with van der Waals surface area (Å²) in [6.07, 6.45) is 9.10. The van der Waals surface area contributed by atoms with E-state index in [-0.39, 0.29) is 24.0 Å². The molecule has 2 saturated heterocycles. The lowest BCUT2D eigenvalue weighted by atomic mass is 9.96. The van der Waals surface area contributed by atoms with Gasteiger partial charge in [-0.25, -0.2) is 0 Å².